The van der Waals surface area contributed by atoms with Crippen LogP contribution in [0.25, 0.3) is 0 Å². The van der Waals surface area contributed by atoms with E-state index in [-0.39, 0.29) is 52.9 Å². The Morgan fingerprint density at radius 2 is 0.430 bits per heavy atom. The average Bonchev–Trinajstić information content (AvgIpc) is 3.56. The van der Waals surface area contributed by atoms with Crippen LogP contribution in [0.3, 0.4) is 0 Å². The summed E-state index contributed by atoms with van der Waals surface area (Å²) >= 11 is 0. The maximum atomic E-state index is 7.43. The number of ether oxygens (including phenoxy) is 11. The number of benzene rings is 8. The van der Waals surface area contributed by atoms with E-state index >= 15 is 0 Å². The standard InChI is InChI=1S/C68H70O11/c1-9-25-51(26-10-1)41-69-49-59-61(71-43-53-29-13-3-14-30-53)63(73-45-55-33-17-5-18-34-55)65(75-47-57-37-21-7-22-38-57)67(77-59)79-68-66(76-48-58-39-23-8-24-40-58)64(74-46-56-35-19-6-20-36-56)62(72-44-54-31-15-4-16-32-54)60(78-68)50-70-42-52-27-11-2-12-28-52/h1-40,59-68H,41-50H2/t59-,60-,61-,62-,63+,64+,65+,66+,67?,68?/m1/s1. The molecular weight excluding hydrogens is 993 g/mol. The zero-order chi connectivity index (χ0) is 53.5. The van der Waals surface area contributed by atoms with Crippen LogP contribution in [0.4, 0.5) is 0 Å². The second-order valence-electron chi connectivity index (χ2n) is 19.8. The van der Waals surface area contributed by atoms with Crippen LogP contribution in [0.2, 0.25) is 0 Å². The molecule has 2 heterocycles. The van der Waals surface area contributed by atoms with Crippen LogP contribution in [-0.4, -0.2) is 74.6 Å². The van der Waals surface area contributed by atoms with Gasteiger partial charge in [-0.15, -0.1) is 0 Å². The van der Waals surface area contributed by atoms with Gasteiger partial charge in [0.15, 0.2) is 12.6 Å². The number of hydrogen-bond acceptors (Lipinski definition) is 11. The van der Waals surface area contributed by atoms with Crippen LogP contribution >= 0.6 is 0 Å². The van der Waals surface area contributed by atoms with E-state index in [0.29, 0.717) is 13.2 Å². The van der Waals surface area contributed by atoms with E-state index in [1.807, 2.05) is 243 Å². The SMILES string of the molecule is c1ccc(COC[C@H]2OC(OC3O[C@H](COCc4ccccc4)[C@@H](OCc4ccccc4)[C@H](OCc4ccccc4)[C@@H]3OCc3ccccc3)[C@@H](OCc3ccccc3)[C@@H](OCc3ccccc3)[C@@H]2OCc2ccccc2)cc1. The lowest BCUT2D eigenvalue weighted by atomic mass is 9.96. The molecule has 11 heteroatoms. The summed E-state index contributed by atoms with van der Waals surface area (Å²) in [6.45, 7) is 2.47. The van der Waals surface area contributed by atoms with Gasteiger partial charge < -0.3 is 52.1 Å². The van der Waals surface area contributed by atoms with Gasteiger partial charge in [-0.25, -0.2) is 0 Å². The fourth-order valence-corrected chi connectivity index (χ4v) is 9.85. The second-order valence-corrected chi connectivity index (χ2v) is 19.8. The van der Waals surface area contributed by atoms with Crippen LogP contribution < -0.4 is 0 Å². The van der Waals surface area contributed by atoms with Crippen molar-refractivity contribution in [3.63, 3.8) is 0 Å². The third-order valence-corrected chi connectivity index (χ3v) is 13.9. The Morgan fingerprint density at radius 3 is 0.671 bits per heavy atom. The molecule has 0 amide bonds. The van der Waals surface area contributed by atoms with Crippen molar-refractivity contribution in [2.45, 2.75) is 114 Å². The molecule has 2 aliphatic heterocycles. The minimum atomic E-state index is -1.14. The Morgan fingerprint density at radius 1 is 0.228 bits per heavy atom. The van der Waals surface area contributed by atoms with Crippen molar-refractivity contribution in [1.29, 1.82) is 0 Å². The van der Waals surface area contributed by atoms with Gasteiger partial charge in [-0.1, -0.05) is 243 Å². The minimum absolute atomic E-state index is 0.137. The highest BCUT2D eigenvalue weighted by Crippen LogP contribution is 2.37. The van der Waals surface area contributed by atoms with Crippen LogP contribution in [-0.2, 0) is 105 Å². The normalized spacial score (nSPS) is 23.0. The highest BCUT2D eigenvalue weighted by Gasteiger charge is 2.54. The minimum Gasteiger partial charge on any atom is -0.374 e. The number of rotatable bonds is 28. The molecule has 11 nitrogen and oxygen atoms in total. The Hall–Kier alpha value is -6.68. The van der Waals surface area contributed by atoms with Crippen LogP contribution in [0, 0.1) is 0 Å². The van der Waals surface area contributed by atoms with Gasteiger partial charge in [0.2, 0.25) is 0 Å². The van der Waals surface area contributed by atoms with E-state index in [9.17, 15) is 0 Å². The first-order valence-corrected chi connectivity index (χ1v) is 27.3. The molecule has 0 bridgehead atoms. The smallest absolute Gasteiger partial charge is 0.190 e. The summed E-state index contributed by atoms with van der Waals surface area (Å²) < 4.78 is 77.6. The van der Waals surface area contributed by atoms with Crippen LogP contribution in [0.15, 0.2) is 243 Å². The first-order valence-electron chi connectivity index (χ1n) is 27.3. The zero-order valence-corrected chi connectivity index (χ0v) is 44.4. The first kappa shape index (κ1) is 55.6. The molecule has 0 N–H and O–H groups in total. The van der Waals surface area contributed by atoms with Crippen molar-refractivity contribution in [3.8, 4) is 0 Å². The lowest BCUT2D eigenvalue weighted by molar-refractivity contribution is -0.394. The molecular formula is C68H70O11. The molecule has 408 valence electrons. The molecule has 8 aromatic rings. The van der Waals surface area contributed by atoms with Gasteiger partial charge in [0.1, 0.15) is 48.8 Å². The molecule has 2 aliphatic rings. The van der Waals surface area contributed by atoms with Crippen LogP contribution in [0.1, 0.15) is 44.5 Å². The third-order valence-electron chi connectivity index (χ3n) is 13.9. The molecule has 0 aromatic heterocycles. The van der Waals surface area contributed by atoms with Gasteiger partial charge in [-0.05, 0) is 44.5 Å². The van der Waals surface area contributed by atoms with Gasteiger partial charge in [0, 0.05) is 0 Å². The van der Waals surface area contributed by atoms with Gasteiger partial charge in [-0.2, -0.15) is 0 Å². The lowest BCUT2D eigenvalue weighted by Gasteiger charge is -2.49. The Labute approximate surface area is 464 Å². The predicted octanol–water partition coefficient (Wildman–Crippen LogP) is 12.4. The summed E-state index contributed by atoms with van der Waals surface area (Å²) in [5.41, 5.74) is 7.91. The monoisotopic (exact) mass is 1060 g/mol. The average molecular weight is 1060 g/mol. The van der Waals surface area contributed by atoms with E-state index in [4.69, 9.17) is 52.1 Å². The van der Waals surface area contributed by atoms with E-state index in [0.717, 1.165) is 44.5 Å². The molecule has 0 saturated carbocycles. The van der Waals surface area contributed by atoms with E-state index < -0.39 is 61.4 Å². The fourth-order valence-electron chi connectivity index (χ4n) is 9.85. The van der Waals surface area contributed by atoms with Crippen molar-refractivity contribution in [2.75, 3.05) is 13.2 Å². The summed E-state index contributed by atoms with van der Waals surface area (Å²) in [5, 5.41) is 0. The lowest BCUT2D eigenvalue weighted by Crippen LogP contribution is -2.66. The van der Waals surface area contributed by atoms with Gasteiger partial charge in [0.25, 0.3) is 0 Å². The first-order chi connectivity index (χ1) is 39.2. The molecule has 79 heavy (non-hydrogen) atoms. The Kier molecular flexibility index (Phi) is 21.2. The molecule has 2 unspecified atom stereocenters. The zero-order valence-electron chi connectivity index (χ0n) is 44.4. The maximum Gasteiger partial charge on any atom is 0.190 e. The molecule has 2 fully saturated rings. The third kappa shape index (κ3) is 16.7. The van der Waals surface area contributed by atoms with Crippen LogP contribution in [0.5, 0.6) is 0 Å². The fraction of sp³-hybridized carbons (Fsp3) is 0.294. The van der Waals surface area contributed by atoms with Crippen molar-refractivity contribution >= 4 is 0 Å². The second kappa shape index (κ2) is 30.1. The highest BCUT2D eigenvalue weighted by molar-refractivity contribution is 5.20. The molecule has 10 atom stereocenters. The van der Waals surface area contributed by atoms with Gasteiger partial charge in [0.05, 0.1) is 66.1 Å². The van der Waals surface area contributed by atoms with Crippen molar-refractivity contribution in [1.82, 2.24) is 0 Å². The Bertz CT molecular complexity index is 2690. The summed E-state index contributed by atoms with van der Waals surface area (Å²) in [6, 6.07) is 80.6. The van der Waals surface area contributed by atoms with Gasteiger partial charge in [-0.3, -0.25) is 0 Å². The molecule has 10 rings (SSSR count). The molecule has 2 saturated heterocycles. The topological polar surface area (TPSA) is 102 Å². The largest absolute Gasteiger partial charge is 0.374 e. The Balaban J connectivity index is 1.04. The molecule has 8 aromatic carbocycles. The maximum absolute atomic E-state index is 7.43. The number of hydrogen-bond donors (Lipinski definition) is 0. The quantitative estimate of drug-likeness (QED) is 0.0469. The summed E-state index contributed by atoms with van der Waals surface area (Å²) in [6.07, 6.45) is -8.43. The predicted molar refractivity (Wildman–Crippen MR) is 301 cm³/mol. The van der Waals surface area contributed by atoms with Gasteiger partial charge >= 0.3 is 0 Å². The highest BCUT2D eigenvalue weighted by atomic mass is 16.8. The van der Waals surface area contributed by atoms with E-state index in [1.54, 1.807) is 0 Å². The van der Waals surface area contributed by atoms with E-state index in [1.165, 1.54) is 0 Å². The van der Waals surface area contributed by atoms with E-state index in [2.05, 4.69) is 0 Å². The molecule has 0 aliphatic carbocycles. The summed E-state index contributed by atoms with van der Waals surface area (Å²) in [4.78, 5) is 0. The summed E-state index contributed by atoms with van der Waals surface area (Å²) in [5.74, 6) is 0. The van der Waals surface area contributed by atoms with Crippen molar-refractivity contribution in [2.24, 2.45) is 0 Å². The molecule has 0 radical (unpaired) electrons. The van der Waals surface area contributed by atoms with Crippen molar-refractivity contribution in [3.05, 3.63) is 287 Å². The van der Waals surface area contributed by atoms with Crippen molar-refractivity contribution < 1.29 is 52.1 Å². The molecule has 0 spiro atoms. The summed E-state index contributed by atoms with van der Waals surface area (Å²) in [7, 11) is 0.